The molecule has 6 nitrogen and oxygen atoms in total. The predicted octanol–water partition coefficient (Wildman–Crippen LogP) is 2.57. The molecule has 0 aliphatic rings. The SMILES string of the molecule is C=CCn1c(SCc2n[nH]c(=O)s2)nnc1-c1ccccc1. The summed E-state index contributed by atoms with van der Waals surface area (Å²) >= 11 is 2.61. The van der Waals surface area contributed by atoms with Crippen LogP contribution in [0.15, 0.2) is 52.9 Å². The number of hydrogen-bond acceptors (Lipinski definition) is 6. The molecule has 0 saturated heterocycles. The van der Waals surface area contributed by atoms with Crippen LogP contribution in [-0.4, -0.2) is 25.0 Å². The number of aromatic nitrogens is 5. The van der Waals surface area contributed by atoms with Gasteiger partial charge in [0, 0.05) is 12.1 Å². The molecular weight excluding hydrogens is 318 g/mol. The molecule has 0 saturated carbocycles. The van der Waals surface area contributed by atoms with Crippen molar-refractivity contribution < 1.29 is 0 Å². The quantitative estimate of drug-likeness (QED) is 0.555. The molecular formula is C14H13N5OS2. The van der Waals surface area contributed by atoms with Gasteiger partial charge in [0.15, 0.2) is 11.0 Å². The molecule has 0 amide bonds. The predicted molar refractivity (Wildman–Crippen MR) is 88.0 cm³/mol. The van der Waals surface area contributed by atoms with Crippen LogP contribution >= 0.6 is 23.1 Å². The summed E-state index contributed by atoms with van der Waals surface area (Å²) in [4.78, 5) is 11.0. The normalized spacial score (nSPS) is 10.7. The minimum atomic E-state index is -0.145. The molecule has 1 aromatic carbocycles. The summed E-state index contributed by atoms with van der Waals surface area (Å²) in [5.41, 5.74) is 1.01. The van der Waals surface area contributed by atoms with Crippen LogP contribution in [0.4, 0.5) is 0 Å². The van der Waals surface area contributed by atoms with E-state index in [1.165, 1.54) is 11.8 Å². The third-order valence-electron chi connectivity index (χ3n) is 2.87. The van der Waals surface area contributed by atoms with Gasteiger partial charge >= 0.3 is 4.87 Å². The van der Waals surface area contributed by atoms with Gasteiger partial charge < -0.3 is 0 Å². The Morgan fingerprint density at radius 3 is 2.82 bits per heavy atom. The highest BCUT2D eigenvalue weighted by Crippen LogP contribution is 2.26. The van der Waals surface area contributed by atoms with Gasteiger partial charge in [-0.05, 0) is 0 Å². The molecule has 0 aliphatic heterocycles. The zero-order chi connectivity index (χ0) is 15.4. The standard InChI is InChI=1S/C14H13N5OS2/c1-2-8-19-12(10-6-4-3-5-7-10)16-17-13(19)21-9-11-15-18-14(20)22-11/h2-7H,1,8-9H2,(H,18,20). The van der Waals surface area contributed by atoms with Gasteiger partial charge in [-0.1, -0.05) is 59.5 Å². The second-order valence-electron chi connectivity index (χ2n) is 4.37. The highest BCUT2D eigenvalue weighted by molar-refractivity contribution is 7.98. The van der Waals surface area contributed by atoms with Gasteiger partial charge in [0.05, 0.1) is 5.75 Å². The van der Waals surface area contributed by atoms with Gasteiger partial charge in [0.2, 0.25) is 0 Å². The van der Waals surface area contributed by atoms with E-state index in [2.05, 4.69) is 27.0 Å². The number of aromatic amines is 1. The van der Waals surface area contributed by atoms with Crippen molar-refractivity contribution in [1.29, 1.82) is 0 Å². The van der Waals surface area contributed by atoms with Crippen molar-refractivity contribution in [3.05, 3.63) is 57.7 Å². The Kier molecular flexibility index (Phi) is 4.50. The lowest BCUT2D eigenvalue weighted by Crippen LogP contribution is -2.00. The monoisotopic (exact) mass is 331 g/mol. The lowest BCUT2D eigenvalue weighted by molar-refractivity contribution is 0.731. The number of allylic oxidation sites excluding steroid dienone is 1. The molecule has 0 radical (unpaired) electrons. The summed E-state index contributed by atoms with van der Waals surface area (Å²) < 4.78 is 2.00. The van der Waals surface area contributed by atoms with E-state index in [4.69, 9.17) is 0 Å². The van der Waals surface area contributed by atoms with Crippen LogP contribution in [0.3, 0.4) is 0 Å². The number of benzene rings is 1. The fraction of sp³-hybridized carbons (Fsp3) is 0.143. The van der Waals surface area contributed by atoms with E-state index in [1.54, 1.807) is 0 Å². The molecule has 0 fully saturated rings. The highest BCUT2D eigenvalue weighted by Gasteiger charge is 2.14. The minimum absolute atomic E-state index is 0.145. The maximum absolute atomic E-state index is 11.1. The first-order valence-corrected chi connectivity index (χ1v) is 8.35. The number of nitrogens with zero attached hydrogens (tertiary/aromatic N) is 4. The zero-order valence-corrected chi connectivity index (χ0v) is 13.2. The highest BCUT2D eigenvalue weighted by atomic mass is 32.2. The maximum Gasteiger partial charge on any atom is 0.322 e. The number of hydrogen-bond donors (Lipinski definition) is 1. The summed E-state index contributed by atoms with van der Waals surface area (Å²) in [5, 5.41) is 16.4. The molecule has 8 heteroatoms. The Morgan fingerprint density at radius 2 is 2.14 bits per heavy atom. The molecule has 1 N–H and O–H groups in total. The van der Waals surface area contributed by atoms with Crippen LogP contribution in [-0.2, 0) is 12.3 Å². The van der Waals surface area contributed by atoms with Crippen molar-refractivity contribution in [3.8, 4) is 11.4 Å². The van der Waals surface area contributed by atoms with Crippen molar-refractivity contribution in [2.75, 3.05) is 0 Å². The molecule has 112 valence electrons. The van der Waals surface area contributed by atoms with E-state index in [0.717, 1.165) is 32.9 Å². The molecule has 0 aliphatic carbocycles. The molecule has 0 atom stereocenters. The second-order valence-corrected chi connectivity index (χ2v) is 6.36. The lowest BCUT2D eigenvalue weighted by atomic mass is 10.2. The molecule has 3 aromatic rings. The summed E-state index contributed by atoms with van der Waals surface area (Å²) in [6.07, 6.45) is 1.81. The van der Waals surface area contributed by atoms with Crippen molar-refractivity contribution in [1.82, 2.24) is 25.0 Å². The van der Waals surface area contributed by atoms with Gasteiger partial charge in [-0.15, -0.1) is 16.8 Å². The molecule has 0 spiro atoms. The maximum atomic E-state index is 11.1. The summed E-state index contributed by atoms with van der Waals surface area (Å²) in [6, 6.07) is 9.90. The van der Waals surface area contributed by atoms with Crippen molar-refractivity contribution in [2.45, 2.75) is 17.5 Å². The Morgan fingerprint density at radius 1 is 1.32 bits per heavy atom. The number of nitrogens with one attached hydrogen (secondary N) is 1. The summed E-state index contributed by atoms with van der Waals surface area (Å²) in [5.74, 6) is 1.38. The second kappa shape index (κ2) is 6.71. The van der Waals surface area contributed by atoms with Crippen molar-refractivity contribution in [2.24, 2.45) is 0 Å². The lowest BCUT2D eigenvalue weighted by Gasteiger charge is -2.06. The molecule has 22 heavy (non-hydrogen) atoms. The van der Waals surface area contributed by atoms with Crippen LogP contribution < -0.4 is 4.87 Å². The smallest absolute Gasteiger partial charge is 0.298 e. The molecule has 3 rings (SSSR count). The minimum Gasteiger partial charge on any atom is -0.298 e. The largest absolute Gasteiger partial charge is 0.322 e. The van der Waals surface area contributed by atoms with Crippen LogP contribution in [0, 0.1) is 0 Å². The van der Waals surface area contributed by atoms with Crippen molar-refractivity contribution in [3.63, 3.8) is 0 Å². The van der Waals surface area contributed by atoms with Crippen molar-refractivity contribution >= 4 is 23.1 Å². The third-order valence-corrected chi connectivity index (χ3v) is 4.78. The van der Waals surface area contributed by atoms with Crippen LogP contribution in [0.5, 0.6) is 0 Å². The average Bonchev–Trinajstić information content (AvgIpc) is 3.13. The first kappa shape index (κ1) is 14.7. The Hall–Kier alpha value is -2.19. The number of rotatable bonds is 6. The van der Waals surface area contributed by atoms with Gasteiger partial charge in [-0.2, -0.15) is 5.10 Å². The van der Waals surface area contributed by atoms with Crippen LogP contribution in [0.1, 0.15) is 5.01 Å². The molecule has 0 unspecified atom stereocenters. The van der Waals surface area contributed by atoms with E-state index < -0.39 is 0 Å². The fourth-order valence-corrected chi connectivity index (χ4v) is 3.48. The Labute approximate surface area is 134 Å². The number of thioether (sulfide) groups is 1. The van der Waals surface area contributed by atoms with Gasteiger partial charge in [0.1, 0.15) is 5.01 Å². The van der Waals surface area contributed by atoms with E-state index in [1.807, 2.05) is 41.0 Å². The molecule has 0 bridgehead atoms. The van der Waals surface area contributed by atoms with Crippen LogP contribution in [0.2, 0.25) is 0 Å². The summed E-state index contributed by atoms with van der Waals surface area (Å²) in [6.45, 7) is 4.41. The summed E-state index contributed by atoms with van der Waals surface area (Å²) in [7, 11) is 0. The van der Waals surface area contributed by atoms with E-state index in [0.29, 0.717) is 12.3 Å². The van der Waals surface area contributed by atoms with E-state index in [-0.39, 0.29) is 4.87 Å². The molecule has 2 heterocycles. The van der Waals surface area contributed by atoms with Gasteiger partial charge in [-0.25, -0.2) is 5.10 Å². The molecule has 2 aromatic heterocycles. The average molecular weight is 331 g/mol. The zero-order valence-electron chi connectivity index (χ0n) is 11.6. The van der Waals surface area contributed by atoms with Gasteiger partial charge in [0.25, 0.3) is 0 Å². The van der Waals surface area contributed by atoms with E-state index in [9.17, 15) is 4.79 Å². The first-order valence-electron chi connectivity index (χ1n) is 6.54. The Balaban J connectivity index is 1.86. The Bertz CT molecular complexity index is 821. The first-order chi connectivity index (χ1) is 10.8. The third kappa shape index (κ3) is 3.18. The van der Waals surface area contributed by atoms with E-state index >= 15 is 0 Å². The topological polar surface area (TPSA) is 76.5 Å². The number of H-pyrrole nitrogens is 1. The van der Waals surface area contributed by atoms with Crippen LogP contribution in [0.25, 0.3) is 11.4 Å². The fourth-order valence-electron chi connectivity index (χ4n) is 1.94. The van der Waals surface area contributed by atoms with Gasteiger partial charge in [-0.3, -0.25) is 9.36 Å².